The maximum Gasteiger partial charge on any atom is 0.252 e. The smallest absolute Gasteiger partial charge is 0.252 e. The predicted octanol–water partition coefficient (Wildman–Crippen LogP) is 2.15. The van der Waals surface area contributed by atoms with Crippen molar-refractivity contribution in [3.05, 3.63) is 53.4 Å². The second-order valence-electron chi connectivity index (χ2n) is 5.40. The first-order valence-electron chi connectivity index (χ1n) is 7.29. The van der Waals surface area contributed by atoms with Crippen molar-refractivity contribution < 1.29 is 14.6 Å². The maximum atomic E-state index is 12.0. The third-order valence-electron chi connectivity index (χ3n) is 3.59. The van der Waals surface area contributed by atoms with E-state index in [9.17, 15) is 9.90 Å². The molecule has 118 valence electrons. The van der Waals surface area contributed by atoms with Gasteiger partial charge in [0.2, 0.25) is 0 Å². The van der Waals surface area contributed by atoms with E-state index in [0.29, 0.717) is 37.4 Å². The molecule has 0 aliphatic carbocycles. The first kappa shape index (κ1) is 15.9. The molecule has 0 unspecified atom stereocenters. The highest BCUT2D eigenvalue weighted by molar-refractivity contribution is 5.95. The van der Waals surface area contributed by atoms with Gasteiger partial charge in [0.25, 0.3) is 5.91 Å². The van der Waals surface area contributed by atoms with Crippen LogP contribution in [-0.2, 0) is 4.79 Å². The molecule has 1 aromatic carbocycles. The van der Waals surface area contributed by atoms with Gasteiger partial charge in [0.15, 0.2) is 0 Å². The fourth-order valence-electron chi connectivity index (χ4n) is 2.15. The zero-order chi connectivity index (χ0) is 16.1. The Morgan fingerprint density at radius 1 is 1.41 bits per heavy atom. The van der Waals surface area contributed by atoms with Crippen LogP contribution >= 0.6 is 0 Å². The molecule has 0 saturated carbocycles. The lowest BCUT2D eigenvalue weighted by molar-refractivity contribution is -0.117. The summed E-state index contributed by atoms with van der Waals surface area (Å²) in [6, 6.07) is 7.85. The number of rotatable bonds is 6. The van der Waals surface area contributed by atoms with Gasteiger partial charge in [0.05, 0.1) is 24.4 Å². The number of amides is 1. The van der Waals surface area contributed by atoms with Crippen LogP contribution in [0.5, 0.6) is 5.75 Å². The van der Waals surface area contributed by atoms with Gasteiger partial charge in [0, 0.05) is 13.6 Å². The van der Waals surface area contributed by atoms with Crippen molar-refractivity contribution in [1.82, 2.24) is 10.2 Å². The van der Waals surface area contributed by atoms with Gasteiger partial charge in [-0.3, -0.25) is 4.79 Å². The molecule has 2 N–H and O–H groups in total. The minimum Gasteiger partial charge on any atom is -0.505 e. The van der Waals surface area contributed by atoms with Crippen LogP contribution in [0, 0.1) is 6.92 Å². The summed E-state index contributed by atoms with van der Waals surface area (Å²) in [5.41, 5.74) is 2.04. The molecule has 1 aromatic rings. The molecular weight excluding hydrogens is 280 g/mol. The largest absolute Gasteiger partial charge is 0.505 e. The van der Waals surface area contributed by atoms with Crippen LogP contribution in [0.3, 0.4) is 0 Å². The average Bonchev–Trinajstić information content (AvgIpc) is 2.76. The van der Waals surface area contributed by atoms with Crippen LogP contribution in [0.2, 0.25) is 0 Å². The van der Waals surface area contributed by atoms with E-state index in [4.69, 9.17) is 4.74 Å². The first-order valence-corrected chi connectivity index (χ1v) is 7.29. The van der Waals surface area contributed by atoms with Gasteiger partial charge in [-0.15, -0.1) is 0 Å². The van der Waals surface area contributed by atoms with Crippen molar-refractivity contribution in [2.75, 3.05) is 26.7 Å². The molecule has 1 aliphatic rings. The number of aryl methyl sites for hydroxylation is 1. The summed E-state index contributed by atoms with van der Waals surface area (Å²) in [4.78, 5) is 13.7. The third-order valence-corrected chi connectivity index (χ3v) is 3.59. The zero-order valence-corrected chi connectivity index (χ0v) is 13.1. The Labute approximate surface area is 130 Å². The third kappa shape index (κ3) is 3.81. The van der Waals surface area contributed by atoms with Crippen molar-refractivity contribution in [3.8, 4) is 5.75 Å². The number of carbonyl (C=O) groups is 1. The molecule has 22 heavy (non-hydrogen) atoms. The van der Waals surface area contributed by atoms with E-state index < -0.39 is 0 Å². The molecule has 0 fully saturated rings. The highest BCUT2D eigenvalue weighted by Crippen LogP contribution is 2.22. The molecule has 0 aromatic heterocycles. The van der Waals surface area contributed by atoms with E-state index in [2.05, 4.69) is 11.9 Å². The van der Waals surface area contributed by atoms with Gasteiger partial charge < -0.3 is 20.1 Å². The fourth-order valence-corrected chi connectivity index (χ4v) is 2.15. The van der Waals surface area contributed by atoms with Crippen LogP contribution < -0.4 is 10.1 Å². The number of aliphatic hydroxyl groups excluding tert-OH is 1. The van der Waals surface area contributed by atoms with Gasteiger partial charge in [-0.2, -0.15) is 0 Å². The quantitative estimate of drug-likeness (QED) is 0.791. The monoisotopic (exact) mass is 302 g/mol. The molecule has 0 saturated heterocycles. The van der Waals surface area contributed by atoms with E-state index in [1.54, 1.807) is 11.9 Å². The number of hydrogen-bond acceptors (Lipinski definition) is 4. The van der Waals surface area contributed by atoms with E-state index in [1.807, 2.05) is 31.2 Å². The Bertz CT molecular complexity index is 590. The fraction of sp³-hybridized carbons (Fsp3) is 0.353. The highest BCUT2D eigenvalue weighted by atomic mass is 16.5. The topological polar surface area (TPSA) is 61.8 Å². The van der Waals surface area contributed by atoms with Crippen LogP contribution in [0.4, 0.5) is 0 Å². The van der Waals surface area contributed by atoms with E-state index in [-0.39, 0.29) is 11.7 Å². The number of ether oxygens (including phenoxy) is 1. The van der Waals surface area contributed by atoms with Gasteiger partial charge >= 0.3 is 0 Å². The molecule has 0 atom stereocenters. The number of hydrogen-bond donors (Lipinski definition) is 2. The molecular formula is C17H22N2O3. The molecule has 0 spiro atoms. The van der Waals surface area contributed by atoms with Gasteiger partial charge in [0.1, 0.15) is 11.5 Å². The summed E-state index contributed by atoms with van der Waals surface area (Å²) in [5.74, 6) is 0.556. The van der Waals surface area contributed by atoms with Crippen LogP contribution in [-0.4, -0.2) is 42.7 Å². The summed E-state index contributed by atoms with van der Waals surface area (Å²) in [7, 11) is 1.79. The Hall–Kier alpha value is -2.43. The summed E-state index contributed by atoms with van der Waals surface area (Å²) in [6.45, 7) is 7.15. The molecule has 0 bridgehead atoms. The van der Waals surface area contributed by atoms with Crippen molar-refractivity contribution in [2.45, 2.75) is 13.3 Å². The lowest BCUT2D eigenvalue weighted by Crippen LogP contribution is -2.29. The molecule has 1 heterocycles. The summed E-state index contributed by atoms with van der Waals surface area (Å²) < 4.78 is 5.59. The lowest BCUT2D eigenvalue weighted by Gasteiger charge is -2.11. The Morgan fingerprint density at radius 2 is 2.09 bits per heavy atom. The Morgan fingerprint density at radius 3 is 2.68 bits per heavy atom. The minimum absolute atomic E-state index is 0.0177. The average molecular weight is 302 g/mol. The molecule has 5 nitrogen and oxygen atoms in total. The first-order chi connectivity index (χ1) is 10.5. The Balaban J connectivity index is 1.70. The second-order valence-corrected chi connectivity index (χ2v) is 5.40. The number of aliphatic hydroxyl groups is 1. The van der Waals surface area contributed by atoms with Crippen LogP contribution in [0.1, 0.15) is 12.0 Å². The van der Waals surface area contributed by atoms with E-state index >= 15 is 0 Å². The van der Waals surface area contributed by atoms with Crippen LogP contribution in [0.25, 0.3) is 0 Å². The van der Waals surface area contributed by atoms with Gasteiger partial charge in [-0.1, -0.05) is 24.3 Å². The van der Waals surface area contributed by atoms with E-state index in [0.717, 1.165) is 5.75 Å². The van der Waals surface area contributed by atoms with Gasteiger partial charge in [-0.25, -0.2) is 0 Å². The number of nitrogens with one attached hydrogen (secondary N) is 1. The number of nitrogens with zero attached hydrogens (tertiary/aromatic N) is 1. The van der Waals surface area contributed by atoms with Crippen molar-refractivity contribution in [1.29, 1.82) is 0 Å². The summed E-state index contributed by atoms with van der Waals surface area (Å²) in [6.07, 6.45) is 0.699. The number of likely N-dealkylation sites (N-methyl/N-ethyl adjacent to an activating group) is 1. The number of carbonyl (C=O) groups excluding carboxylic acids is 1. The standard InChI is InChI=1S/C17H22N2O3/c1-12-5-7-14(8-6-12)22-10-4-9-18-17(21)15-11-19(3)13(2)16(15)20/h5-8,20H,2,4,9-11H2,1,3H3,(H,18,21). The maximum absolute atomic E-state index is 12.0. The predicted molar refractivity (Wildman–Crippen MR) is 85.7 cm³/mol. The van der Waals surface area contributed by atoms with E-state index in [1.165, 1.54) is 5.56 Å². The zero-order valence-electron chi connectivity index (χ0n) is 13.1. The second kappa shape index (κ2) is 7.02. The summed E-state index contributed by atoms with van der Waals surface area (Å²) >= 11 is 0. The SMILES string of the molecule is C=C1C(O)=C(C(=O)NCCCOc2ccc(C)cc2)CN1C. The Kier molecular flexibility index (Phi) is 5.09. The van der Waals surface area contributed by atoms with Crippen molar-refractivity contribution in [2.24, 2.45) is 0 Å². The molecule has 5 heteroatoms. The summed E-state index contributed by atoms with van der Waals surface area (Å²) in [5, 5.41) is 12.6. The highest BCUT2D eigenvalue weighted by Gasteiger charge is 2.26. The van der Waals surface area contributed by atoms with Gasteiger partial charge in [-0.05, 0) is 25.5 Å². The minimum atomic E-state index is -0.252. The van der Waals surface area contributed by atoms with Crippen molar-refractivity contribution in [3.63, 3.8) is 0 Å². The molecule has 2 rings (SSSR count). The molecule has 1 aliphatic heterocycles. The normalized spacial score (nSPS) is 14.5. The number of benzene rings is 1. The molecule has 1 amide bonds. The van der Waals surface area contributed by atoms with Crippen LogP contribution in [0.15, 0.2) is 47.9 Å². The lowest BCUT2D eigenvalue weighted by atomic mass is 10.2. The van der Waals surface area contributed by atoms with Crippen molar-refractivity contribution >= 4 is 5.91 Å². The molecule has 0 radical (unpaired) electrons.